The summed E-state index contributed by atoms with van der Waals surface area (Å²) >= 11 is 0. The summed E-state index contributed by atoms with van der Waals surface area (Å²) in [6.45, 7) is 1.69. The molecule has 40 heavy (non-hydrogen) atoms. The fourth-order valence-electron chi connectivity index (χ4n) is 4.77. The number of methoxy groups -OCH3 is 1. The van der Waals surface area contributed by atoms with Crippen LogP contribution in [0.5, 0.6) is 0 Å². The monoisotopic (exact) mass is 549 g/mol. The van der Waals surface area contributed by atoms with Gasteiger partial charge in [-0.15, -0.1) is 0 Å². The highest BCUT2D eigenvalue weighted by Crippen LogP contribution is 2.36. The topological polar surface area (TPSA) is 68.5 Å². The molecule has 2 aromatic carbocycles. The highest BCUT2D eigenvalue weighted by Gasteiger charge is 2.29. The lowest BCUT2D eigenvalue weighted by Crippen LogP contribution is -2.10. The number of esters is 1. The molecule has 1 heterocycles. The van der Waals surface area contributed by atoms with E-state index in [0.717, 1.165) is 49.8 Å². The zero-order valence-corrected chi connectivity index (χ0v) is 23.5. The van der Waals surface area contributed by atoms with Crippen molar-refractivity contribution in [3.63, 3.8) is 0 Å². The number of rotatable bonds is 13. The normalized spacial score (nSPS) is 10.8. The summed E-state index contributed by atoms with van der Waals surface area (Å²) < 4.78 is 35.7. The quantitative estimate of drug-likeness (QED) is 0.106. The Labute approximate surface area is 235 Å². The fourth-order valence-corrected chi connectivity index (χ4v) is 4.77. The van der Waals surface area contributed by atoms with Crippen molar-refractivity contribution in [2.45, 2.75) is 64.7 Å². The predicted molar refractivity (Wildman–Crippen MR) is 152 cm³/mol. The molecule has 0 fully saturated rings. The largest absolute Gasteiger partial charge is 0.465 e. The second-order valence-electron chi connectivity index (χ2n) is 9.91. The molecular weight excluding hydrogens is 512 g/mol. The molecule has 0 radical (unpaired) electrons. The Bertz CT molecular complexity index is 1380. The third-order valence-corrected chi connectivity index (χ3v) is 6.99. The van der Waals surface area contributed by atoms with Crippen molar-refractivity contribution in [3.8, 4) is 23.0 Å². The van der Waals surface area contributed by atoms with Crippen LogP contribution in [0.4, 0.5) is 8.78 Å². The average Bonchev–Trinajstić information content (AvgIpc) is 3.29. The number of halogens is 2. The number of aliphatic hydroxyl groups is 1. The van der Waals surface area contributed by atoms with E-state index in [0.29, 0.717) is 5.56 Å². The number of unbranched alkanes of at least 4 members (excludes halogenated alkanes) is 8. The van der Waals surface area contributed by atoms with Crippen molar-refractivity contribution in [2.24, 2.45) is 7.05 Å². The van der Waals surface area contributed by atoms with E-state index in [1.807, 2.05) is 0 Å². The van der Waals surface area contributed by atoms with Crippen LogP contribution in [0.3, 0.4) is 0 Å². The molecular formula is C33H37F2NO4. The van der Waals surface area contributed by atoms with Gasteiger partial charge in [0.25, 0.3) is 0 Å². The van der Waals surface area contributed by atoms with Crippen LogP contribution in [-0.4, -0.2) is 35.1 Å². The molecule has 0 unspecified atom stereocenters. The lowest BCUT2D eigenvalue weighted by Gasteiger charge is -2.13. The van der Waals surface area contributed by atoms with Crippen LogP contribution in [0.2, 0.25) is 0 Å². The molecule has 0 aliphatic rings. The minimum atomic E-state index is -0.753. The van der Waals surface area contributed by atoms with Gasteiger partial charge in [0.2, 0.25) is 5.78 Å². The predicted octanol–water partition coefficient (Wildman–Crippen LogP) is 7.15. The molecule has 0 atom stereocenters. The molecule has 0 aliphatic carbocycles. The van der Waals surface area contributed by atoms with Gasteiger partial charge in [0.05, 0.1) is 18.4 Å². The van der Waals surface area contributed by atoms with E-state index in [9.17, 15) is 14.0 Å². The van der Waals surface area contributed by atoms with Gasteiger partial charge in [-0.05, 0) is 61.7 Å². The smallest absolute Gasteiger partial charge is 0.340 e. The van der Waals surface area contributed by atoms with E-state index in [4.69, 9.17) is 9.84 Å². The van der Waals surface area contributed by atoms with Gasteiger partial charge >= 0.3 is 5.97 Å². The average molecular weight is 550 g/mol. The standard InChI is InChI=1S/C33H37F2NO4/c1-23-27(34)19-20-28(35)29(23)30-26(33(39)40-3)22-36(2)31(30)32(38)25-17-15-24(16-18-25)14-12-10-8-6-4-5-7-9-11-13-21-37/h15-20,22,37H,4-11,13,21H2,1-3H3. The zero-order chi connectivity index (χ0) is 29.1. The van der Waals surface area contributed by atoms with E-state index >= 15 is 4.39 Å². The SMILES string of the molecule is COC(=O)c1cn(C)c(C(=O)c2ccc(C#CCCCCCCCCCCO)cc2)c1-c1c(F)ccc(F)c1C. The number of aromatic nitrogens is 1. The third-order valence-electron chi connectivity index (χ3n) is 6.99. The summed E-state index contributed by atoms with van der Waals surface area (Å²) in [6, 6.07) is 8.79. The highest BCUT2D eigenvalue weighted by atomic mass is 19.1. The zero-order valence-electron chi connectivity index (χ0n) is 23.5. The van der Waals surface area contributed by atoms with Crippen LogP contribution >= 0.6 is 0 Å². The molecule has 0 saturated heterocycles. The Morgan fingerprint density at radius 1 is 0.875 bits per heavy atom. The van der Waals surface area contributed by atoms with E-state index in [2.05, 4.69) is 11.8 Å². The Morgan fingerprint density at radius 3 is 2.10 bits per heavy atom. The van der Waals surface area contributed by atoms with E-state index in [1.54, 1.807) is 31.3 Å². The van der Waals surface area contributed by atoms with Gasteiger partial charge in [-0.25, -0.2) is 13.6 Å². The van der Waals surface area contributed by atoms with Crippen LogP contribution < -0.4 is 0 Å². The van der Waals surface area contributed by atoms with Crippen LogP contribution in [0.25, 0.3) is 11.1 Å². The Kier molecular flexibility index (Phi) is 11.6. The number of carbonyl (C=O) groups is 2. The molecule has 0 saturated carbocycles. The second-order valence-corrected chi connectivity index (χ2v) is 9.91. The summed E-state index contributed by atoms with van der Waals surface area (Å²) in [5, 5.41) is 8.80. The molecule has 0 bridgehead atoms. The second kappa shape index (κ2) is 15.1. The third kappa shape index (κ3) is 7.67. The molecule has 0 aliphatic heterocycles. The van der Waals surface area contributed by atoms with Crippen molar-refractivity contribution in [1.82, 2.24) is 4.57 Å². The van der Waals surface area contributed by atoms with Gasteiger partial charge in [-0.3, -0.25) is 4.79 Å². The van der Waals surface area contributed by atoms with Gasteiger partial charge in [-0.2, -0.15) is 0 Å². The summed E-state index contributed by atoms with van der Waals surface area (Å²) in [4.78, 5) is 26.2. The molecule has 7 heteroatoms. The molecule has 0 spiro atoms. The maximum atomic E-state index is 15.0. The summed E-state index contributed by atoms with van der Waals surface area (Å²) in [5.74, 6) is 3.73. The van der Waals surface area contributed by atoms with Crippen LogP contribution in [0.15, 0.2) is 42.6 Å². The maximum absolute atomic E-state index is 15.0. The first-order valence-corrected chi connectivity index (χ1v) is 13.8. The molecule has 212 valence electrons. The molecule has 3 rings (SSSR count). The number of nitrogens with zero attached hydrogens (tertiary/aromatic N) is 1. The number of ketones is 1. The lowest BCUT2D eigenvalue weighted by atomic mass is 9.93. The van der Waals surface area contributed by atoms with E-state index in [-0.39, 0.29) is 34.6 Å². The fraction of sp³-hybridized carbons (Fsp3) is 0.394. The number of hydrogen-bond donors (Lipinski definition) is 1. The number of ether oxygens (including phenoxy) is 1. The first-order valence-electron chi connectivity index (χ1n) is 13.8. The lowest BCUT2D eigenvalue weighted by molar-refractivity contribution is 0.0601. The Morgan fingerprint density at radius 2 is 1.48 bits per heavy atom. The molecule has 3 aromatic rings. The van der Waals surface area contributed by atoms with Crippen molar-refractivity contribution >= 4 is 11.8 Å². The first kappa shape index (κ1) is 30.8. The van der Waals surface area contributed by atoms with Crippen molar-refractivity contribution in [2.75, 3.05) is 13.7 Å². The van der Waals surface area contributed by atoms with Crippen LogP contribution in [-0.2, 0) is 11.8 Å². The number of aliphatic hydroxyl groups excluding tert-OH is 1. The number of aryl methyl sites for hydroxylation is 1. The molecule has 1 aromatic heterocycles. The van der Waals surface area contributed by atoms with E-state index < -0.39 is 23.4 Å². The summed E-state index contributed by atoms with van der Waals surface area (Å²) in [5.41, 5.74) is 0.989. The summed E-state index contributed by atoms with van der Waals surface area (Å²) in [7, 11) is 2.77. The molecule has 0 amide bonds. The minimum absolute atomic E-state index is 0.00266. The minimum Gasteiger partial charge on any atom is -0.465 e. The van der Waals surface area contributed by atoms with Gasteiger partial charge in [0.15, 0.2) is 0 Å². The van der Waals surface area contributed by atoms with E-state index in [1.165, 1.54) is 50.5 Å². The number of carbonyl (C=O) groups excluding carboxylic acids is 2. The molecule has 1 N–H and O–H groups in total. The van der Waals surface area contributed by atoms with Crippen molar-refractivity contribution in [3.05, 3.63) is 82.2 Å². The van der Waals surface area contributed by atoms with Gasteiger partial charge in [0.1, 0.15) is 11.6 Å². The van der Waals surface area contributed by atoms with Gasteiger partial charge in [0, 0.05) is 48.5 Å². The Hall–Kier alpha value is -3.76. The summed E-state index contributed by atoms with van der Waals surface area (Å²) in [6.07, 6.45) is 11.2. The maximum Gasteiger partial charge on any atom is 0.340 e. The first-order chi connectivity index (χ1) is 19.3. The number of benzene rings is 2. The Balaban J connectivity index is 1.73. The highest BCUT2D eigenvalue weighted by molar-refractivity contribution is 6.15. The number of hydrogen-bond acceptors (Lipinski definition) is 4. The van der Waals surface area contributed by atoms with Gasteiger partial charge < -0.3 is 14.4 Å². The van der Waals surface area contributed by atoms with Crippen molar-refractivity contribution in [1.29, 1.82) is 0 Å². The molecule has 5 nitrogen and oxygen atoms in total. The van der Waals surface area contributed by atoms with Gasteiger partial charge in [-0.1, -0.05) is 50.4 Å². The van der Waals surface area contributed by atoms with Crippen molar-refractivity contribution < 1.29 is 28.2 Å². The van der Waals surface area contributed by atoms with Crippen LogP contribution in [0.1, 0.15) is 95.3 Å². The van der Waals surface area contributed by atoms with Crippen LogP contribution in [0, 0.1) is 30.4 Å².